The number of hydrogen-bond donors (Lipinski definition) is 1. The molecule has 0 aliphatic carbocycles. The maximum absolute atomic E-state index is 7.57. The van der Waals surface area contributed by atoms with E-state index >= 15 is 0 Å². The molecule has 0 aliphatic rings. The summed E-state index contributed by atoms with van der Waals surface area (Å²) in [6.45, 7) is 1.93. The van der Waals surface area contributed by atoms with Crippen molar-refractivity contribution >= 4 is 40.0 Å². The summed E-state index contributed by atoms with van der Waals surface area (Å²) < 4.78 is 0. The molecule has 0 atom stereocenters. The molecule has 0 amide bonds. The van der Waals surface area contributed by atoms with Crippen LogP contribution in [-0.2, 0) is 0 Å². The molecule has 0 aromatic carbocycles. The molecule has 3 heteroatoms. The zero-order valence-corrected chi connectivity index (χ0v) is 7.47. The van der Waals surface area contributed by atoms with Crippen LogP contribution in [0.4, 0.5) is 0 Å². The van der Waals surface area contributed by atoms with Crippen LogP contribution in [0.2, 0.25) is 0 Å². The molecule has 0 rings (SSSR count). The monoisotopic (exact) mass is 175 g/mol. The molecule has 0 radical (unpaired) electrons. The second-order valence-corrected chi connectivity index (χ2v) is 0.316. The van der Waals surface area contributed by atoms with Crippen molar-refractivity contribution in [2.75, 3.05) is 6.61 Å². The predicted octanol–water partition coefficient (Wildman–Crippen LogP) is 0.402. The van der Waals surface area contributed by atoms with Crippen LogP contribution in [0.1, 0.15) is 6.92 Å². The Morgan fingerprint density at radius 2 is 1.57 bits per heavy atom. The number of rotatable bonds is 0. The molecule has 0 aliphatic heterocycles. The molecule has 0 bridgehead atoms. The van der Waals surface area contributed by atoms with E-state index in [4.69, 9.17) is 11.5 Å². The summed E-state index contributed by atoms with van der Waals surface area (Å²) in [6.07, 6.45) is 9.00. The van der Waals surface area contributed by atoms with Crippen molar-refractivity contribution in [2.24, 2.45) is 0 Å². The van der Waals surface area contributed by atoms with E-state index in [1.54, 1.807) is 6.92 Å². The van der Waals surface area contributed by atoms with Crippen LogP contribution in [0.15, 0.2) is 0 Å². The van der Waals surface area contributed by atoms with Crippen LogP contribution in [0.25, 0.3) is 0 Å². The predicted molar refractivity (Wildman–Crippen MR) is 37.0 cm³/mol. The minimum atomic E-state index is 0. The SMILES string of the molecule is Br.CCO.[C-]#C.[Mg+2]. The fraction of sp³-hybridized carbons (Fsp3) is 0.500. The van der Waals surface area contributed by atoms with Crippen molar-refractivity contribution in [3.63, 3.8) is 0 Å². The Morgan fingerprint density at radius 3 is 1.57 bits per heavy atom. The fourth-order valence-corrected chi connectivity index (χ4v) is 0. The maximum atomic E-state index is 7.57. The Labute approximate surface area is 71.4 Å². The van der Waals surface area contributed by atoms with Crippen LogP contribution >= 0.6 is 17.0 Å². The molecule has 0 fully saturated rings. The molecular weight excluding hydrogens is 168 g/mol. The molecule has 0 spiro atoms. The average Bonchev–Trinajstić information content (AvgIpc) is 1.46. The van der Waals surface area contributed by atoms with E-state index in [2.05, 4.69) is 6.42 Å². The van der Waals surface area contributed by atoms with Gasteiger partial charge in [0.15, 0.2) is 0 Å². The van der Waals surface area contributed by atoms with Gasteiger partial charge in [0.05, 0.1) is 0 Å². The fourth-order valence-electron chi connectivity index (χ4n) is 0. The normalized spacial score (nSPS) is 2.86. The number of hydrogen-bond acceptors (Lipinski definition) is 1. The van der Waals surface area contributed by atoms with E-state index in [1.807, 2.05) is 0 Å². The first kappa shape index (κ1) is 25.1. The summed E-state index contributed by atoms with van der Waals surface area (Å²) >= 11 is 0. The van der Waals surface area contributed by atoms with Crippen LogP contribution in [0.3, 0.4) is 0 Å². The third-order valence-corrected chi connectivity index (χ3v) is 0. The van der Waals surface area contributed by atoms with E-state index in [0.717, 1.165) is 0 Å². The largest absolute Gasteiger partial charge is 2.00 e. The van der Waals surface area contributed by atoms with Gasteiger partial charge in [-0.1, -0.05) is 0 Å². The first-order valence-corrected chi connectivity index (χ1v) is 1.31. The van der Waals surface area contributed by atoms with Crippen molar-refractivity contribution in [2.45, 2.75) is 6.92 Å². The summed E-state index contributed by atoms with van der Waals surface area (Å²) in [5, 5.41) is 7.57. The van der Waals surface area contributed by atoms with Gasteiger partial charge in [0.1, 0.15) is 0 Å². The molecule has 0 heterocycles. The molecule has 0 saturated heterocycles. The summed E-state index contributed by atoms with van der Waals surface area (Å²) in [5.74, 6) is 0. The molecule has 0 unspecified atom stereocenters. The van der Waals surface area contributed by atoms with Gasteiger partial charge in [0, 0.05) is 6.61 Å². The van der Waals surface area contributed by atoms with E-state index in [1.165, 1.54) is 0 Å². The Kier molecular flexibility index (Phi) is 258. The standard InChI is InChI=1S/C2H6O.C2H.BrH.Mg/c1-2-3;1-2;;/h3H,2H2,1H3;1H;1H;/q;-1;;+2. The van der Waals surface area contributed by atoms with Crippen molar-refractivity contribution in [1.29, 1.82) is 0 Å². The summed E-state index contributed by atoms with van der Waals surface area (Å²) in [6, 6.07) is 0. The number of halogens is 1. The zero-order chi connectivity index (χ0) is 4.71. The van der Waals surface area contributed by atoms with Gasteiger partial charge in [-0.2, -0.15) is 0 Å². The molecule has 1 nitrogen and oxygen atoms in total. The smallest absolute Gasteiger partial charge is 0.697 e. The van der Waals surface area contributed by atoms with Crippen molar-refractivity contribution < 1.29 is 5.11 Å². The minimum Gasteiger partial charge on any atom is -0.697 e. The van der Waals surface area contributed by atoms with Gasteiger partial charge in [0.25, 0.3) is 0 Å². The molecule has 1 N–H and O–H groups in total. The number of terminal acetylenes is 1. The number of aliphatic hydroxyl groups excluding tert-OH is 1. The number of aliphatic hydroxyl groups is 1. The quantitative estimate of drug-likeness (QED) is 0.322. The first-order valence-electron chi connectivity index (χ1n) is 1.31. The molecule has 0 aromatic rings. The summed E-state index contributed by atoms with van der Waals surface area (Å²) in [5.41, 5.74) is 0. The molecule has 0 aromatic heterocycles. The van der Waals surface area contributed by atoms with Crippen LogP contribution in [0.5, 0.6) is 0 Å². The van der Waals surface area contributed by atoms with Gasteiger partial charge in [-0.05, 0) is 6.92 Å². The Bertz CT molecular complexity index is 22.9. The first-order chi connectivity index (χ1) is 2.41. The maximum Gasteiger partial charge on any atom is 2.00 e. The van der Waals surface area contributed by atoms with Gasteiger partial charge in [0.2, 0.25) is 0 Å². The van der Waals surface area contributed by atoms with Gasteiger partial charge in [-0.3, -0.25) is 0 Å². The molecular formula is C4H8BrMgO+. The Morgan fingerprint density at radius 1 is 1.57 bits per heavy atom. The van der Waals surface area contributed by atoms with Crippen molar-refractivity contribution in [3.05, 3.63) is 6.42 Å². The van der Waals surface area contributed by atoms with E-state index in [0.29, 0.717) is 0 Å². The second-order valence-electron chi connectivity index (χ2n) is 0.316. The third-order valence-electron chi connectivity index (χ3n) is 0. The summed E-state index contributed by atoms with van der Waals surface area (Å²) in [7, 11) is 0. The van der Waals surface area contributed by atoms with E-state index in [-0.39, 0.29) is 46.6 Å². The van der Waals surface area contributed by atoms with Gasteiger partial charge in [-0.15, -0.1) is 17.0 Å². The van der Waals surface area contributed by atoms with Crippen molar-refractivity contribution in [3.8, 4) is 6.42 Å². The second kappa shape index (κ2) is 72.1. The Balaban J connectivity index is -0.0000000105. The zero-order valence-electron chi connectivity index (χ0n) is 4.35. The molecule has 7 heavy (non-hydrogen) atoms. The van der Waals surface area contributed by atoms with Crippen LogP contribution in [0, 0.1) is 12.8 Å². The topological polar surface area (TPSA) is 20.2 Å². The molecule has 38 valence electrons. The van der Waals surface area contributed by atoms with Crippen LogP contribution in [-0.4, -0.2) is 34.8 Å². The van der Waals surface area contributed by atoms with Gasteiger partial charge >= 0.3 is 23.1 Å². The van der Waals surface area contributed by atoms with Gasteiger partial charge < -0.3 is 18.0 Å². The Hall–Kier alpha value is 0.766. The molecule has 0 saturated carbocycles. The average molecular weight is 176 g/mol. The van der Waals surface area contributed by atoms with Crippen molar-refractivity contribution in [1.82, 2.24) is 0 Å². The van der Waals surface area contributed by atoms with E-state index < -0.39 is 0 Å². The minimum absolute atomic E-state index is 0. The van der Waals surface area contributed by atoms with E-state index in [9.17, 15) is 0 Å². The van der Waals surface area contributed by atoms with Crippen LogP contribution < -0.4 is 0 Å². The van der Waals surface area contributed by atoms with Gasteiger partial charge in [-0.25, -0.2) is 0 Å². The third kappa shape index (κ3) is 262. The summed E-state index contributed by atoms with van der Waals surface area (Å²) in [4.78, 5) is 0.